The zero-order chi connectivity index (χ0) is 19.1. The first-order chi connectivity index (χ1) is 13.7. The molecule has 5 heterocycles. The monoisotopic (exact) mass is 379 g/mol. The van der Waals surface area contributed by atoms with Gasteiger partial charge in [0.2, 0.25) is 5.91 Å². The van der Waals surface area contributed by atoms with E-state index >= 15 is 0 Å². The van der Waals surface area contributed by atoms with Crippen molar-refractivity contribution in [3.63, 3.8) is 0 Å². The van der Waals surface area contributed by atoms with Gasteiger partial charge in [-0.05, 0) is 18.6 Å². The van der Waals surface area contributed by atoms with Crippen molar-refractivity contribution in [1.29, 1.82) is 0 Å². The Morgan fingerprint density at radius 3 is 3.11 bits per heavy atom. The minimum atomic E-state index is -0.0321. The molecule has 0 saturated carbocycles. The maximum atomic E-state index is 11.9. The molecule has 9 nitrogen and oxygen atoms in total. The van der Waals surface area contributed by atoms with Crippen molar-refractivity contribution in [1.82, 2.24) is 29.3 Å². The van der Waals surface area contributed by atoms with Crippen molar-refractivity contribution < 1.29 is 9.53 Å². The Bertz CT molecular complexity index is 1030. The standard InChI is InChI=1S/C19H21N7O2/c1-2-18(27)24-5-3-13(11-24)15-10-16(19-20-4-6-26(19)22-15)21-17-9-14-12-28-8-7-25(14)23-17/h2,4,6,9-10,13H,1,3,5,7-8,11-12H2,(H,21,23). The molecular weight excluding hydrogens is 358 g/mol. The van der Waals surface area contributed by atoms with Gasteiger partial charge in [-0.1, -0.05) is 6.58 Å². The molecule has 1 N–H and O–H groups in total. The fraction of sp³-hybridized carbons (Fsp3) is 0.368. The molecule has 144 valence electrons. The maximum Gasteiger partial charge on any atom is 0.245 e. The number of imidazole rings is 1. The molecule has 28 heavy (non-hydrogen) atoms. The highest BCUT2D eigenvalue weighted by atomic mass is 16.5. The molecule has 3 aromatic heterocycles. The van der Waals surface area contributed by atoms with Gasteiger partial charge >= 0.3 is 0 Å². The lowest BCUT2D eigenvalue weighted by atomic mass is 10.0. The number of hydrogen-bond acceptors (Lipinski definition) is 6. The number of ether oxygens (including phenoxy) is 1. The quantitative estimate of drug-likeness (QED) is 0.694. The number of nitrogens with zero attached hydrogens (tertiary/aromatic N) is 6. The molecule has 0 aromatic carbocycles. The van der Waals surface area contributed by atoms with Gasteiger partial charge in [0.05, 0.1) is 36.8 Å². The van der Waals surface area contributed by atoms with Crippen LogP contribution in [0.2, 0.25) is 0 Å². The first-order valence-electron chi connectivity index (χ1n) is 9.38. The second-order valence-electron chi connectivity index (χ2n) is 7.07. The van der Waals surface area contributed by atoms with Crippen LogP contribution in [0.15, 0.2) is 37.2 Å². The number of carbonyl (C=O) groups excluding carboxylic acids is 1. The first kappa shape index (κ1) is 16.9. The average Bonchev–Trinajstić information content (AvgIpc) is 3.45. The smallest absolute Gasteiger partial charge is 0.245 e. The normalized spacial score (nSPS) is 19.0. The van der Waals surface area contributed by atoms with Gasteiger partial charge in [0.25, 0.3) is 0 Å². The highest BCUT2D eigenvalue weighted by Crippen LogP contribution is 2.30. The number of anilines is 2. The minimum Gasteiger partial charge on any atom is -0.373 e. The Morgan fingerprint density at radius 2 is 2.25 bits per heavy atom. The second kappa shape index (κ2) is 6.75. The number of rotatable bonds is 4. The van der Waals surface area contributed by atoms with Crippen molar-refractivity contribution in [3.05, 3.63) is 48.6 Å². The van der Waals surface area contributed by atoms with Gasteiger partial charge < -0.3 is 15.0 Å². The third-order valence-corrected chi connectivity index (χ3v) is 5.29. The Balaban J connectivity index is 1.45. The molecule has 1 unspecified atom stereocenters. The zero-order valence-electron chi connectivity index (χ0n) is 15.4. The number of aromatic nitrogens is 5. The topological polar surface area (TPSA) is 89.6 Å². The summed E-state index contributed by atoms with van der Waals surface area (Å²) in [5, 5.41) is 12.7. The largest absolute Gasteiger partial charge is 0.373 e. The summed E-state index contributed by atoms with van der Waals surface area (Å²) in [7, 11) is 0. The summed E-state index contributed by atoms with van der Waals surface area (Å²) < 4.78 is 9.23. The van der Waals surface area contributed by atoms with Crippen LogP contribution in [0.1, 0.15) is 23.7 Å². The molecule has 5 rings (SSSR count). The Hall–Kier alpha value is -3.20. The molecule has 1 saturated heterocycles. The lowest BCUT2D eigenvalue weighted by molar-refractivity contribution is -0.125. The molecule has 1 fully saturated rings. The van der Waals surface area contributed by atoms with E-state index in [0.717, 1.165) is 48.1 Å². The lowest BCUT2D eigenvalue weighted by Crippen LogP contribution is -2.26. The van der Waals surface area contributed by atoms with E-state index < -0.39 is 0 Å². The van der Waals surface area contributed by atoms with E-state index in [-0.39, 0.29) is 11.8 Å². The SMILES string of the molecule is C=CC(=O)N1CCC(c2cc(Nc3cc4n(n3)CCOC4)c3nccn3n2)C1. The molecular formula is C19H21N7O2. The summed E-state index contributed by atoms with van der Waals surface area (Å²) >= 11 is 0. The first-order valence-corrected chi connectivity index (χ1v) is 9.38. The summed E-state index contributed by atoms with van der Waals surface area (Å²) in [6.45, 7) is 6.95. The van der Waals surface area contributed by atoms with Crippen molar-refractivity contribution in [3.8, 4) is 0 Å². The van der Waals surface area contributed by atoms with Gasteiger partial charge in [-0.2, -0.15) is 10.2 Å². The Morgan fingerprint density at radius 1 is 1.32 bits per heavy atom. The van der Waals surface area contributed by atoms with Gasteiger partial charge in [-0.25, -0.2) is 9.50 Å². The van der Waals surface area contributed by atoms with Crippen LogP contribution in [-0.2, 0) is 22.7 Å². The lowest BCUT2D eigenvalue weighted by Gasteiger charge is -2.15. The summed E-state index contributed by atoms with van der Waals surface area (Å²) in [5.74, 6) is 0.910. The predicted octanol–water partition coefficient (Wildman–Crippen LogP) is 1.70. The van der Waals surface area contributed by atoms with Crippen LogP contribution < -0.4 is 5.32 Å². The molecule has 1 amide bonds. The van der Waals surface area contributed by atoms with Crippen LogP contribution >= 0.6 is 0 Å². The van der Waals surface area contributed by atoms with Gasteiger partial charge in [-0.3, -0.25) is 9.48 Å². The van der Waals surface area contributed by atoms with E-state index in [2.05, 4.69) is 22.0 Å². The van der Waals surface area contributed by atoms with Crippen molar-refractivity contribution >= 4 is 23.1 Å². The van der Waals surface area contributed by atoms with Gasteiger partial charge in [-0.15, -0.1) is 0 Å². The van der Waals surface area contributed by atoms with Crippen LogP contribution in [0.25, 0.3) is 5.65 Å². The van der Waals surface area contributed by atoms with Gasteiger partial charge in [0.15, 0.2) is 11.5 Å². The molecule has 0 aliphatic carbocycles. The molecule has 0 spiro atoms. The van der Waals surface area contributed by atoms with Crippen LogP contribution in [-0.4, -0.2) is 54.9 Å². The van der Waals surface area contributed by atoms with Crippen LogP contribution in [0.3, 0.4) is 0 Å². The molecule has 1 atom stereocenters. The Kier molecular flexibility index (Phi) is 4.09. The third-order valence-electron chi connectivity index (χ3n) is 5.29. The number of carbonyl (C=O) groups is 1. The van der Waals surface area contributed by atoms with Crippen LogP contribution in [0.5, 0.6) is 0 Å². The van der Waals surface area contributed by atoms with E-state index in [1.807, 2.05) is 27.9 Å². The highest BCUT2D eigenvalue weighted by Gasteiger charge is 2.28. The summed E-state index contributed by atoms with van der Waals surface area (Å²) in [6, 6.07) is 4.02. The molecule has 3 aromatic rings. The number of nitrogens with one attached hydrogen (secondary N) is 1. The maximum absolute atomic E-state index is 11.9. The van der Waals surface area contributed by atoms with Gasteiger partial charge in [0, 0.05) is 37.5 Å². The average molecular weight is 379 g/mol. The minimum absolute atomic E-state index is 0.0321. The highest BCUT2D eigenvalue weighted by molar-refractivity contribution is 5.87. The van der Waals surface area contributed by atoms with Gasteiger partial charge in [0.1, 0.15) is 0 Å². The number of hydrogen-bond donors (Lipinski definition) is 1. The summed E-state index contributed by atoms with van der Waals surface area (Å²) in [4.78, 5) is 18.1. The van der Waals surface area contributed by atoms with Crippen molar-refractivity contribution in [2.45, 2.75) is 25.5 Å². The number of fused-ring (bicyclic) bond motifs is 2. The third kappa shape index (κ3) is 2.93. The summed E-state index contributed by atoms with van der Waals surface area (Å²) in [6.07, 6.45) is 5.80. The predicted molar refractivity (Wildman–Crippen MR) is 102 cm³/mol. The van der Waals surface area contributed by atoms with Crippen LogP contribution in [0.4, 0.5) is 11.5 Å². The summed E-state index contributed by atoms with van der Waals surface area (Å²) in [5.41, 5.74) is 3.57. The zero-order valence-corrected chi connectivity index (χ0v) is 15.4. The molecule has 2 aliphatic heterocycles. The Labute approximate surface area is 161 Å². The molecule has 0 bridgehead atoms. The molecule has 2 aliphatic rings. The fourth-order valence-electron chi connectivity index (χ4n) is 3.85. The van der Waals surface area contributed by atoms with Crippen molar-refractivity contribution in [2.24, 2.45) is 0 Å². The van der Waals surface area contributed by atoms with Crippen molar-refractivity contribution in [2.75, 3.05) is 25.0 Å². The number of likely N-dealkylation sites (tertiary alicyclic amines) is 1. The van der Waals surface area contributed by atoms with E-state index in [4.69, 9.17) is 9.84 Å². The fourth-order valence-corrected chi connectivity index (χ4v) is 3.85. The number of amides is 1. The van der Waals surface area contributed by atoms with E-state index in [9.17, 15) is 4.79 Å². The van der Waals surface area contributed by atoms with E-state index in [1.54, 1.807) is 10.7 Å². The van der Waals surface area contributed by atoms with Crippen LogP contribution in [0, 0.1) is 0 Å². The molecule has 0 radical (unpaired) electrons. The second-order valence-corrected chi connectivity index (χ2v) is 7.07. The van der Waals surface area contributed by atoms with E-state index in [0.29, 0.717) is 19.8 Å². The molecule has 9 heteroatoms. The van der Waals surface area contributed by atoms with E-state index in [1.165, 1.54) is 6.08 Å².